The molecule has 0 saturated heterocycles. The molecule has 3 rings (SSSR count). The summed E-state index contributed by atoms with van der Waals surface area (Å²) >= 11 is 0. The lowest BCUT2D eigenvalue weighted by atomic mass is 10.1. The molecule has 3 aromatic rings. The zero-order chi connectivity index (χ0) is 16.9. The van der Waals surface area contributed by atoms with E-state index in [0.29, 0.717) is 0 Å². The van der Waals surface area contributed by atoms with Gasteiger partial charge in [-0.3, -0.25) is 5.10 Å². The smallest absolute Gasteiger partial charge is 0.0928 e. The summed E-state index contributed by atoms with van der Waals surface area (Å²) in [6.07, 6.45) is 7.41. The van der Waals surface area contributed by atoms with Crippen LogP contribution in [-0.4, -0.2) is 10.2 Å². The molecule has 0 amide bonds. The lowest BCUT2D eigenvalue weighted by molar-refractivity contribution is 1.11. The van der Waals surface area contributed by atoms with Crippen molar-refractivity contribution in [1.29, 1.82) is 0 Å². The third-order valence-electron chi connectivity index (χ3n) is 3.78. The predicted octanol–water partition coefficient (Wildman–Crippen LogP) is 5.15. The van der Waals surface area contributed by atoms with Gasteiger partial charge in [0.05, 0.1) is 11.2 Å². The molecule has 4 heteroatoms. The summed E-state index contributed by atoms with van der Waals surface area (Å²) in [5.74, 6) is 0. The molecule has 1 heterocycles. The Morgan fingerprint density at radius 2 is 1.88 bits per heavy atom. The van der Waals surface area contributed by atoms with Gasteiger partial charge in [-0.15, -0.1) is 0 Å². The van der Waals surface area contributed by atoms with Crippen molar-refractivity contribution in [3.05, 3.63) is 78.8 Å². The van der Waals surface area contributed by atoms with Crippen LogP contribution in [0.5, 0.6) is 0 Å². The van der Waals surface area contributed by atoms with E-state index in [-0.39, 0.29) is 0 Å². The topological polar surface area (TPSA) is 52.7 Å². The molecular formula is C20H20N4. The number of aryl methyl sites for hydroxylation is 1. The number of aromatic nitrogens is 2. The Balaban J connectivity index is 1.94. The molecule has 4 nitrogen and oxygen atoms in total. The van der Waals surface area contributed by atoms with Gasteiger partial charge in [0.1, 0.15) is 0 Å². The van der Waals surface area contributed by atoms with Gasteiger partial charge < -0.3 is 10.6 Å². The summed E-state index contributed by atoms with van der Waals surface area (Å²) in [5.41, 5.74) is 6.19. The molecule has 0 aliphatic rings. The molecule has 0 aliphatic carbocycles. The molecule has 0 fully saturated rings. The standard InChI is InChI=1S/C20H20N4/c1-4-21-16-8-6-7-15(12-16)9-10-18-17-13-19(22-5-2)14(3)11-20(17)24-23-18/h4-13,21-22H,1-2H2,3H3,(H,23,24)/b10-9+. The molecule has 0 bridgehead atoms. The summed E-state index contributed by atoms with van der Waals surface area (Å²) in [6.45, 7) is 9.46. The Bertz CT molecular complexity index is 919. The highest BCUT2D eigenvalue weighted by Crippen LogP contribution is 2.26. The Morgan fingerprint density at radius 3 is 2.67 bits per heavy atom. The number of anilines is 2. The van der Waals surface area contributed by atoms with E-state index in [1.54, 1.807) is 12.4 Å². The molecule has 24 heavy (non-hydrogen) atoms. The molecule has 2 aromatic carbocycles. The molecular weight excluding hydrogens is 296 g/mol. The number of hydrogen-bond donors (Lipinski definition) is 3. The molecule has 1 aromatic heterocycles. The number of nitrogens with zero attached hydrogens (tertiary/aromatic N) is 1. The van der Waals surface area contributed by atoms with Crippen molar-refractivity contribution in [2.75, 3.05) is 10.6 Å². The number of rotatable bonds is 6. The van der Waals surface area contributed by atoms with Gasteiger partial charge in [0.15, 0.2) is 0 Å². The lowest BCUT2D eigenvalue weighted by Crippen LogP contribution is -1.90. The molecule has 0 aliphatic heterocycles. The van der Waals surface area contributed by atoms with E-state index in [0.717, 1.165) is 39.1 Å². The maximum atomic E-state index is 4.41. The van der Waals surface area contributed by atoms with E-state index >= 15 is 0 Å². The van der Waals surface area contributed by atoms with E-state index in [1.807, 2.05) is 24.3 Å². The Hall–Kier alpha value is -3.27. The number of fused-ring (bicyclic) bond motifs is 1. The second-order valence-corrected chi connectivity index (χ2v) is 5.48. The van der Waals surface area contributed by atoms with Gasteiger partial charge >= 0.3 is 0 Å². The van der Waals surface area contributed by atoms with Gasteiger partial charge in [-0.1, -0.05) is 31.4 Å². The Kier molecular flexibility index (Phi) is 4.47. The molecule has 3 N–H and O–H groups in total. The number of nitrogens with one attached hydrogen (secondary N) is 3. The Labute approximate surface area is 141 Å². The van der Waals surface area contributed by atoms with Crippen LogP contribution < -0.4 is 10.6 Å². The van der Waals surface area contributed by atoms with Gasteiger partial charge in [0, 0.05) is 16.8 Å². The number of benzene rings is 2. The lowest BCUT2D eigenvalue weighted by Gasteiger charge is -2.05. The summed E-state index contributed by atoms with van der Waals surface area (Å²) in [7, 11) is 0. The number of hydrogen-bond acceptors (Lipinski definition) is 3. The zero-order valence-corrected chi connectivity index (χ0v) is 13.6. The van der Waals surface area contributed by atoms with Crippen LogP contribution in [0.2, 0.25) is 0 Å². The first-order chi connectivity index (χ1) is 11.7. The second kappa shape index (κ2) is 6.87. The Morgan fingerprint density at radius 1 is 1.04 bits per heavy atom. The van der Waals surface area contributed by atoms with E-state index in [4.69, 9.17) is 0 Å². The van der Waals surface area contributed by atoms with Crippen molar-refractivity contribution in [2.45, 2.75) is 6.92 Å². The maximum absolute atomic E-state index is 4.41. The van der Waals surface area contributed by atoms with Crippen LogP contribution in [0.1, 0.15) is 16.8 Å². The molecule has 0 atom stereocenters. The molecule has 0 radical (unpaired) electrons. The van der Waals surface area contributed by atoms with Crippen molar-refractivity contribution in [3.8, 4) is 0 Å². The van der Waals surface area contributed by atoms with Crippen LogP contribution >= 0.6 is 0 Å². The van der Waals surface area contributed by atoms with Crippen LogP contribution in [-0.2, 0) is 0 Å². The van der Waals surface area contributed by atoms with Crippen LogP contribution in [0.4, 0.5) is 11.4 Å². The van der Waals surface area contributed by atoms with E-state index in [1.165, 1.54) is 0 Å². The van der Waals surface area contributed by atoms with Crippen LogP contribution in [0.3, 0.4) is 0 Å². The third-order valence-corrected chi connectivity index (χ3v) is 3.78. The normalized spacial score (nSPS) is 10.9. The zero-order valence-electron chi connectivity index (χ0n) is 13.6. The van der Waals surface area contributed by atoms with Crippen LogP contribution in [0.15, 0.2) is 62.0 Å². The minimum Gasteiger partial charge on any atom is -0.362 e. The summed E-state index contributed by atoms with van der Waals surface area (Å²) in [6, 6.07) is 12.3. The van der Waals surface area contributed by atoms with Gasteiger partial charge in [0.2, 0.25) is 0 Å². The van der Waals surface area contributed by atoms with E-state index in [2.05, 4.69) is 65.2 Å². The largest absolute Gasteiger partial charge is 0.362 e. The SMILES string of the molecule is C=CNc1cccc(/C=C/c2n[nH]c3cc(C)c(NC=C)cc23)c1. The average Bonchev–Trinajstić information content (AvgIpc) is 2.96. The van der Waals surface area contributed by atoms with Crippen molar-refractivity contribution < 1.29 is 0 Å². The average molecular weight is 316 g/mol. The van der Waals surface area contributed by atoms with Gasteiger partial charge in [-0.05, 0) is 60.8 Å². The summed E-state index contributed by atoms with van der Waals surface area (Å²) in [4.78, 5) is 0. The van der Waals surface area contributed by atoms with Gasteiger partial charge in [-0.25, -0.2) is 0 Å². The van der Waals surface area contributed by atoms with E-state index < -0.39 is 0 Å². The minimum atomic E-state index is 0.902. The van der Waals surface area contributed by atoms with Crippen LogP contribution in [0, 0.1) is 6.92 Å². The molecule has 120 valence electrons. The fourth-order valence-corrected chi connectivity index (χ4v) is 2.61. The number of aromatic amines is 1. The fraction of sp³-hybridized carbons (Fsp3) is 0.0500. The predicted molar refractivity (Wildman–Crippen MR) is 104 cm³/mol. The fourth-order valence-electron chi connectivity index (χ4n) is 2.61. The summed E-state index contributed by atoms with van der Waals surface area (Å²) in [5, 5.41) is 14.8. The molecule has 0 saturated carbocycles. The van der Waals surface area contributed by atoms with Crippen molar-refractivity contribution in [3.63, 3.8) is 0 Å². The monoisotopic (exact) mass is 316 g/mol. The maximum Gasteiger partial charge on any atom is 0.0928 e. The molecule has 0 unspecified atom stereocenters. The van der Waals surface area contributed by atoms with Crippen LogP contribution in [0.25, 0.3) is 23.1 Å². The minimum absolute atomic E-state index is 0.902. The first kappa shape index (κ1) is 15.6. The third kappa shape index (κ3) is 3.22. The first-order valence-electron chi connectivity index (χ1n) is 7.73. The second-order valence-electron chi connectivity index (χ2n) is 5.48. The quantitative estimate of drug-likeness (QED) is 0.589. The highest BCUT2D eigenvalue weighted by Gasteiger charge is 2.06. The first-order valence-corrected chi connectivity index (χ1v) is 7.73. The number of H-pyrrole nitrogens is 1. The van der Waals surface area contributed by atoms with Gasteiger partial charge in [-0.2, -0.15) is 5.10 Å². The highest BCUT2D eigenvalue weighted by molar-refractivity contribution is 5.92. The molecule has 0 spiro atoms. The van der Waals surface area contributed by atoms with Crippen molar-refractivity contribution in [1.82, 2.24) is 10.2 Å². The van der Waals surface area contributed by atoms with Crippen molar-refractivity contribution in [2.24, 2.45) is 0 Å². The highest BCUT2D eigenvalue weighted by atomic mass is 15.1. The van der Waals surface area contributed by atoms with Gasteiger partial charge in [0.25, 0.3) is 0 Å². The van der Waals surface area contributed by atoms with Crippen molar-refractivity contribution >= 4 is 34.4 Å². The van der Waals surface area contributed by atoms with E-state index in [9.17, 15) is 0 Å². The summed E-state index contributed by atoms with van der Waals surface area (Å²) < 4.78 is 0.